The second kappa shape index (κ2) is 7.87. The highest BCUT2D eigenvalue weighted by Gasteiger charge is 2.31. The predicted octanol–water partition coefficient (Wildman–Crippen LogP) is 5.13. The summed E-state index contributed by atoms with van der Waals surface area (Å²) < 4.78 is 5.91. The van der Waals surface area contributed by atoms with E-state index in [1.807, 2.05) is 84.9 Å². The summed E-state index contributed by atoms with van der Waals surface area (Å²) in [4.78, 5) is 12.3. The molecule has 0 radical (unpaired) electrons. The summed E-state index contributed by atoms with van der Waals surface area (Å²) in [6.45, 7) is 0.524. The molecule has 1 unspecified atom stereocenters. The van der Waals surface area contributed by atoms with E-state index in [4.69, 9.17) is 4.74 Å². The smallest absolute Gasteiger partial charge is 0.226 e. The Morgan fingerprint density at radius 2 is 1.60 bits per heavy atom. The first kappa shape index (κ1) is 18.2. The molecular weight excluding hydrogens is 374 g/mol. The lowest BCUT2D eigenvalue weighted by Gasteiger charge is -2.23. The van der Waals surface area contributed by atoms with E-state index in [9.17, 15) is 4.79 Å². The molecule has 1 aliphatic rings. The number of fused-ring (bicyclic) bond motifs is 1. The number of aromatic nitrogens is 2. The van der Waals surface area contributed by atoms with Crippen LogP contribution in [0.3, 0.4) is 0 Å². The summed E-state index contributed by atoms with van der Waals surface area (Å²) in [5.74, 6) is 1.33. The molecule has 2 N–H and O–H groups in total. The zero-order valence-corrected chi connectivity index (χ0v) is 16.3. The van der Waals surface area contributed by atoms with Crippen molar-refractivity contribution in [2.24, 2.45) is 0 Å². The number of aromatic amines is 1. The Hall–Kier alpha value is -3.86. The maximum Gasteiger partial charge on any atom is 0.226 e. The molecule has 1 amide bonds. The molecule has 0 aliphatic carbocycles. The van der Waals surface area contributed by atoms with Crippen LogP contribution in [0.5, 0.6) is 5.75 Å². The van der Waals surface area contributed by atoms with Crippen LogP contribution in [0.2, 0.25) is 0 Å². The third-order valence-electron chi connectivity index (χ3n) is 5.39. The Labute approximate surface area is 174 Å². The van der Waals surface area contributed by atoms with Gasteiger partial charge in [0.1, 0.15) is 12.4 Å². The molecule has 5 nitrogen and oxygen atoms in total. The second-order valence-electron chi connectivity index (χ2n) is 7.38. The van der Waals surface area contributed by atoms with Gasteiger partial charge in [0.15, 0.2) is 5.82 Å². The van der Waals surface area contributed by atoms with Gasteiger partial charge in [0.05, 0.1) is 5.69 Å². The average molecular weight is 395 g/mol. The van der Waals surface area contributed by atoms with E-state index in [0.717, 1.165) is 33.7 Å². The highest BCUT2D eigenvalue weighted by molar-refractivity contribution is 5.96. The molecule has 1 aromatic heterocycles. The Balaban J connectivity index is 1.42. The van der Waals surface area contributed by atoms with Gasteiger partial charge in [-0.1, -0.05) is 72.8 Å². The standard InChI is InChI=1S/C25H21N3O2/c29-22-15-21(23-24(27-28-25(23)26-22)19-9-5-2-6-10-19)18-11-13-20(14-12-18)30-16-17-7-3-1-4-8-17/h1-14,21H,15-16H2,(H2,26,27,28,29). The fourth-order valence-corrected chi connectivity index (χ4v) is 3.90. The van der Waals surface area contributed by atoms with Crippen LogP contribution in [0.15, 0.2) is 84.9 Å². The quantitative estimate of drug-likeness (QED) is 0.492. The molecule has 5 heteroatoms. The van der Waals surface area contributed by atoms with E-state index in [2.05, 4.69) is 15.5 Å². The van der Waals surface area contributed by atoms with Gasteiger partial charge < -0.3 is 10.1 Å². The van der Waals surface area contributed by atoms with Gasteiger partial charge in [-0.15, -0.1) is 0 Å². The van der Waals surface area contributed by atoms with Crippen molar-refractivity contribution in [1.29, 1.82) is 0 Å². The molecule has 0 saturated heterocycles. The van der Waals surface area contributed by atoms with Crippen molar-refractivity contribution in [3.8, 4) is 17.0 Å². The van der Waals surface area contributed by atoms with Gasteiger partial charge >= 0.3 is 0 Å². The first-order chi connectivity index (χ1) is 14.8. The zero-order chi connectivity index (χ0) is 20.3. The van der Waals surface area contributed by atoms with Gasteiger partial charge in [0.2, 0.25) is 5.91 Å². The Morgan fingerprint density at radius 1 is 0.900 bits per heavy atom. The van der Waals surface area contributed by atoms with Crippen molar-refractivity contribution in [3.63, 3.8) is 0 Å². The number of nitrogens with one attached hydrogen (secondary N) is 2. The lowest BCUT2D eigenvalue weighted by molar-refractivity contribution is -0.116. The molecule has 0 fully saturated rings. The third kappa shape index (κ3) is 3.57. The summed E-state index contributed by atoms with van der Waals surface area (Å²) in [7, 11) is 0. The van der Waals surface area contributed by atoms with Crippen molar-refractivity contribution >= 4 is 11.7 Å². The second-order valence-corrected chi connectivity index (χ2v) is 7.38. The minimum Gasteiger partial charge on any atom is -0.489 e. The van der Waals surface area contributed by atoms with E-state index in [0.29, 0.717) is 18.8 Å². The minimum atomic E-state index is -0.0640. The molecule has 0 bridgehead atoms. The van der Waals surface area contributed by atoms with Crippen molar-refractivity contribution in [1.82, 2.24) is 10.2 Å². The van der Waals surface area contributed by atoms with Gasteiger partial charge in [-0.25, -0.2) is 0 Å². The summed E-state index contributed by atoms with van der Waals surface area (Å²) in [5.41, 5.74) is 5.21. The van der Waals surface area contributed by atoms with Crippen molar-refractivity contribution in [2.75, 3.05) is 5.32 Å². The first-order valence-electron chi connectivity index (χ1n) is 9.98. The third-order valence-corrected chi connectivity index (χ3v) is 5.39. The van der Waals surface area contributed by atoms with Crippen LogP contribution < -0.4 is 10.1 Å². The monoisotopic (exact) mass is 395 g/mol. The summed E-state index contributed by atoms with van der Waals surface area (Å²) >= 11 is 0. The van der Waals surface area contributed by atoms with E-state index < -0.39 is 0 Å². The molecule has 1 atom stereocenters. The van der Waals surface area contributed by atoms with E-state index >= 15 is 0 Å². The van der Waals surface area contributed by atoms with E-state index in [1.54, 1.807) is 0 Å². The van der Waals surface area contributed by atoms with Gasteiger partial charge in [-0.2, -0.15) is 5.10 Å². The molecule has 2 heterocycles. The van der Waals surface area contributed by atoms with Crippen LogP contribution in [0.1, 0.15) is 29.0 Å². The molecule has 30 heavy (non-hydrogen) atoms. The number of hydrogen-bond donors (Lipinski definition) is 2. The van der Waals surface area contributed by atoms with E-state index in [-0.39, 0.29) is 11.8 Å². The highest BCUT2D eigenvalue weighted by atomic mass is 16.5. The lowest BCUT2D eigenvalue weighted by atomic mass is 9.84. The normalized spacial score (nSPS) is 15.3. The highest BCUT2D eigenvalue weighted by Crippen LogP contribution is 2.41. The number of carbonyl (C=O) groups excluding carboxylic acids is 1. The van der Waals surface area contributed by atoms with Crippen LogP contribution in [0.4, 0.5) is 5.82 Å². The number of amides is 1. The lowest BCUT2D eigenvalue weighted by Crippen LogP contribution is -2.23. The number of anilines is 1. The molecule has 0 spiro atoms. The average Bonchev–Trinajstić information content (AvgIpc) is 3.22. The molecule has 4 aromatic rings. The zero-order valence-electron chi connectivity index (χ0n) is 16.3. The van der Waals surface area contributed by atoms with Crippen LogP contribution in [-0.4, -0.2) is 16.1 Å². The number of H-pyrrole nitrogens is 1. The van der Waals surface area contributed by atoms with Gasteiger partial charge in [-0.3, -0.25) is 9.89 Å². The topological polar surface area (TPSA) is 67.0 Å². The van der Waals surface area contributed by atoms with Gasteiger partial charge in [0.25, 0.3) is 0 Å². The fourth-order valence-electron chi connectivity index (χ4n) is 3.90. The molecule has 5 rings (SSSR count). The largest absolute Gasteiger partial charge is 0.489 e. The summed E-state index contributed by atoms with van der Waals surface area (Å²) in [6, 6.07) is 28.2. The SMILES string of the molecule is O=C1CC(c2ccc(OCc3ccccc3)cc2)c2c(n[nH]c2-c2ccccc2)N1. The number of ether oxygens (including phenoxy) is 1. The Bertz CT molecular complexity index is 1150. The van der Waals surface area contributed by atoms with Crippen LogP contribution >= 0.6 is 0 Å². The molecule has 0 saturated carbocycles. The van der Waals surface area contributed by atoms with Gasteiger partial charge in [0, 0.05) is 17.9 Å². The number of rotatable bonds is 5. The van der Waals surface area contributed by atoms with Crippen LogP contribution in [0.25, 0.3) is 11.3 Å². The van der Waals surface area contributed by atoms with Crippen molar-refractivity contribution in [2.45, 2.75) is 18.9 Å². The predicted molar refractivity (Wildman–Crippen MR) is 116 cm³/mol. The fraction of sp³-hybridized carbons (Fsp3) is 0.120. The Morgan fingerprint density at radius 3 is 2.33 bits per heavy atom. The number of carbonyl (C=O) groups is 1. The molecule has 3 aromatic carbocycles. The minimum absolute atomic E-state index is 0.0250. The summed E-state index contributed by atoms with van der Waals surface area (Å²) in [5, 5.41) is 10.4. The van der Waals surface area contributed by atoms with E-state index in [1.165, 1.54) is 0 Å². The number of nitrogens with zero attached hydrogens (tertiary/aromatic N) is 1. The maximum atomic E-state index is 12.3. The summed E-state index contributed by atoms with van der Waals surface area (Å²) in [6.07, 6.45) is 0.386. The van der Waals surface area contributed by atoms with Crippen molar-refractivity contribution in [3.05, 3.63) is 102 Å². The van der Waals surface area contributed by atoms with Crippen molar-refractivity contribution < 1.29 is 9.53 Å². The maximum absolute atomic E-state index is 12.3. The number of benzene rings is 3. The first-order valence-corrected chi connectivity index (χ1v) is 9.98. The van der Waals surface area contributed by atoms with Crippen LogP contribution in [-0.2, 0) is 11.4 Å². The molecular formula is C25H21N3O2. The van der Waals surface area contributed by atoms with Crippen LogP contribution in [0, 0.1) is 0 Å². The van der Waals surface area contributed by atoms with Gasteiger partial charge in [-0.05, 0) is 28.8 Å². The molecule has 148 valence electrons. The molecule has 1 aliphatic heterocycles. The number of hydrogen-bond acceptors (Lipinski definition) is 3. The Kier molecular flexibility index (Phi) is 4.77.